The zero-order valence-electron chi connectivity index (χ0n) is 16.9. The second-order valence-electron chi connectivity index (χ2n) is 6.68. The third-order valence-corrected chi connectivity index (χ3v) is 4.69. The molecule has 0 fully saturated rings. The molecule has 1 atom stereocenters. The standard InChI is InChI=1S/C22H22N2O6/c1-14-20(24(26)27)19(21(15(2)23-14)30-22(25)28-3)17-11-7-8-12-18(17)29-13-16-9-5-4-6-10-16/h4-12,19,23H,13H2,1-3H3. The molecular formula is C22H22N2O6. The number of nitrogens with zero attached hydrogens (tertiary/aromatic N) is 1. The van der Waals surface area contributed by atoms with Crippen LogP contribution in [0.5, 0.6) is 5.75 Å². The molecule has 0 amide bonds. The van der Waals surface area contributed by atoms with E-state index in [0.29, 0.717) is 22.7 Å². The summed E-state index contributed by atoms with van der Waals surface area (Å²) in [6.07, 6.45) is -0.957. The number of dihydropyridines is 1. The number of hydrogen-bond donors (Lipinski definition) is 1. The number of carbonyl (C=O) groups excluding carboxylic acids is 1. The van der Waals surface area contributed by atoms with Crippen LogP contribution in [-0.2, 0) is 16.1 Å². The number of ether oxygens (including phenoxy) is 3. The molecule has 8 nitrogen and oxygen atoms in total. The first-order valence-electron chi connectivity index (χ1n) is 9.26. The summed E-state index contributed by atoms with van der Waals surface area (Å²) in [5.41, 5.74) is 2.18. The van der Waals surface area contributed by atoms with Gasteiger partial charge in [0.1, 0.15) is 24.0 Å². The lowest BCUT2D eigenvalue weighted by atomic mass is 9.88. The number of nitrogens with one attached hydrogen (secondary N) is 1. The lowest BCUT2D eigenvalue weighted by Crippen LogP contribution is -2.30. The first kappa shape index (κ1) is 20.9. The Labute approximate surface area is 173 Å². The third-order valence-electron chi connectivity index (χ3n) is 4.69. The van der Waals surface area contributed by atoms with E-state index in [1.54, 1.807) is 38.1 Å². The Kier molecular flexibility index (Phi) is 6.36. The van der Waals surface area contributed by atoms with Gasteiger partial charge in [0.2, 0.25) is 0 Å². The van der Waals surface area contributed by atoms with Crippen LogP contribution in [0.2, 0.25) is 0 Å². The van der Waals surface area contributed by atoms with Gasteiger partial charge in [0.05, 0.1) is 23.4 Å². The van der Waals surface area contributed by atoms with Gasteiger partial charge >= 0.3 is 6.16 Å². The molecular weight excluding hydrogens is 388 g/mol. The number of methoxy groups -OCH3 is 1. The number of carbonyl (C=O) groups is 1. The molecule has 0 aliphatic carbocycles. The normalized spacial score (nSPS) is 16.0. The maximum atomic E-state index is 11.9. The van der Waals surface area contributed by atoms with E-state index in [1.165, 1.54) is 7.11 Å². The molecule has 1 heterocycles. The van der Waals surface area contributed by atoms with Crippen molar-refractivity contribution in [3.8, 4) is 5.75 Å². The van der Waals surface area contributed by atoms with Crippen LogP contribution in [-0.4, -0.2) is 18.2 Å². The summed E-state index contributed by atoms with van der Waals surface area (Å²) in [5, 5.41) is 14.8. The Hall–Kier alpha value is -3.81. The minimum Gasteiger partial charge on any atom is -0.489 e. The smallest absolute Gasteiger partial charge is 0.489 e. The van der Waals surface area contributed by atoms with Crippen LogP contribution in [0.1, 0.15) is 30.9 Å². The zero-order valence-corrected chi connectivity index (χ0v) is 16.9. The Morgan fingerprint density at radius 3 is 2.40 bits per heavy atom. The van der Waals surface area contributed by atoms with Crippen LogP contribution in [0.25, 0.3) is 0 Å². The molecule has 0 aromatic heterocycles. The summed E-state index contributed by atoms with van der Waals surface area (Å²) in [5.74, 6) is -0.401. The Balaban J connectivity index is 2.05. The second kappa shape index (κ2) is 9.13. The molecule has 2 aromatic carbocycles. The van der Waals surface area contributed by atoms with Crippen molar-refractivity contribution < 1.29 is 23.9 Å². The first-order valence-corrected chi connectivity index (χ1v) is 9.26. The fraction of sp³-hybridized carbons (Fsp3) is 0.227. The van der Waals surface area contributed by atoms with E-state index < -0.39 is 17.0 Å². The highest BCUT2D eigenvalue weighted by atomic mass is 16.7. The number of hydrogen-bond acceptors (Lipinski definition) is 7. The molecule has 1 N–H and O–H groups in total. The fourth-order valence-corrected chi connectivity index (χ4v) is 3.35. The lowest BCUT2D eigenvalue weighted by molar-refractivity contribution is -0.431. The molecule has 0 saturated carbocycles. The van der Waals surface area contributed by atoms with Crippen molar-refractivity contribution in [2.45, 2.75) is 26.4 Å². The van der Waals surface area contributed by atoms with Crippen LogP contribution in [0.4, 0.5) is 4.79 Å². The highest BCUT2D eigenvalue weighted by molar-refractivity contribution is 5.63. The first-order chi connectivity index (χ1) is 14.4. The summed E-state index contributed by atoms with van der Waals surface area (Å²) >= 11 is 0. The van der Waals surface area contributed by atoms with E-state index in [2.05, 4.69) is 10.1 Å². The van der Waals surface area contributed by atoms with Gasteiger partial charge in [0.25, 0.3) is 5.70 Å². The highest BCUT2D eigenvalue weighted by Crippen LogP contribution is 2.42. The molecule has 0 spiro atoms. The van der Waals surface area contributed by atoms with Crippen molar-refractivity contribution in [2.24, 2.45) is 0 Å². The molecule has 1 unspecified atom stereocenters. The van der Waals surface area contributed by atoms with E-state index in [4.69, 9.17) is 9.47 Å². The molecule has 156 valence electrons. The van der Waals surface area contributed by atoms with Gasteiger partial charge in [-0.15, -0.1) is 0 Å². The van der Waals surface area contributed by atoms with Crippen molar-refractivity contribution >= 4 is 6.16 Å². The van der Waals surface area contributed by atoms with E-state index in [9.17, 15) is 14.9 Å². The molecule has 1 aliphatic heterocycles. The van der Waals surface area contributed by atoms with Crippen LogP contribution in [0, 0.1) is 10.1 Å². The van der Waals surface area contributed by atoms with Gasteiger partial charge in [-0.3, -0.25) is 10.1 Å². The fourth-order valence-electron chi connectivity index (χ4n) is 3.35. The van der Waals surface area contributed by atoms with Crippen molar-refractivity contribution in [1.82, 2.24) is 5.32 Å². The van der Waals surface area contributed by atoms with Gasteiger partial charge in [-0.2, -0.15) is 0 Å². The largest absolute Gasteiger partial charge is 0.513 e. The van der Waals surface area contributed by atoms with Crippen molar-refractivity contribution in [2.75, 3.05) is 7.11 Å². The molecule has 2 aromatic rings. The summed E-state index contributed by atoms with van der Waals surface area (Å²) < 4.78 is 15.9. The monoisotopic (exact) mass is 410 g/mol. The van der Waals surface area contributed by atoms with Crippen LogP contribution in [0.3, 0.4) is 0 Å². The van der Waals surface area contributed by atoms with Crippen molar-refractivity contribution in [3.63, 3.8) is 0 Å². The van der Waals surface area contributed by atoms with Gasteiger partial charge in [0.15, 0.2) is 0 Å². The van der Waals surface area contributed by atoms with Crippen molar-refractivity contribution in [1.29, 1.82) is 0 Å². The van der Waals surface area contributed by atoms with E-state index in [-0.39, 0.29) is 18.1 Å². The van der Waals surface area contributed by atoms with E-state index in [0.717, 1.165) is 5.56 Å². The summed E-state index contributed by atoms with van der Waals surface area (Å²) in [4.78, 5) is 23.3. The van der Waals surface area contributed by atoms with Gasteiger partial charge in [0, 0.05) is 5.56 Å². The average Bonchev–Trinajstić information content (AvgIpc) is 2.74. The van der Waals surface area contributed by atoms with Gasteiger partial charge < -0.3 is 19.5 Å². The minimum atomic E-state index is -0.957. The second-order valence-corrected chi connectivity index (χ2v) is 6.68. The number of allylic oxidation sites excluding steroid dienone is 2. The third kappa shape index (κ3) is 4.43. The maximum absolute atomic E-state index is 11.9. The predicted molar refractivity (Wildman–Crippen MR) is 109 cm³/mol. The minimum absolute atomic E-state index is 0.0925. The number of rotatable bonds is 6. The molecule has 1 aliphatic rings. The summed E-state index contributed by atoms with van der Waals surface area (Å²) in [6, 6.07) is 16.6. The predicted octanol–water partition coefficient (Wildman–Crippen LogP) is 4.48. The SMILES string of the molecule is COC(=O)OC1=C(C)NC(C)=C([N+](=O)[O-])C1c1ccccc1OCc1ccccc1. The Bertz CT molecular complexity index is 1010. The summed E-state index contributed by atoms with van der Waals surface area (Å²) in [6.45, 7) is 3.57. The Morgan fingerprint density at radius 1 is 1.07 bits per heavy atom. The molecule has 3 rings (SSSR count). The number of benzene rings is 2. The topological polar surface area (TPSA) is 99.9 Å². The summed E-state index contributed by atoms with van der Waals surface area (Å²) in [7, 11) is 1.18. The van der Waals surface area contributed by atoms with Crippen molar-refractivity contribution in [3.05, 3.63) is 98.7 Å². The quantitative estimate of drug-likeness (QED) is 0.426. The zero-order chi connectivity index (χ0) is 21.7. The van der Waals surface area contributed by atoms with Gasteiger partial charge in [-0.25, -0.2) is 4.79 Å². The average molecular weight is 410 g/mol. The lowest BCUT2D eigenvalue weighted by Gasteiger charge is -2.27. The Morgan fingerprint density at radius 2 is 1.73 bits per heavy atom. The number of nitro groups is 1. The van der Waals surface area contributed by atoms with E-state index >= 15 is 0 Å². The molecule has 30 heavy (non-hydrogen) atoms. The van der Waals surface area contributed by atoms with Gasteiger partial charge in [-0.1, -0.05) is 48.5 Å². The molecule has 0 bridgehead atoms. The van der Waals surface area contributed by atoms with Crippen LogP contribution < -0.4 is 10.1 Å². The van der Waals surface area contributed by atoms with Crippen LogP contribution >= 0.6 is 0 Å². The maximum Gasteiger partial charge on any atom is 0.513 e. The molecule has 8 heteroatoms. The molecule has 0 radical (unpaired) electrons. The van der Waals surface area contributed by atoms with Crippen LogP contribution in [0.15, 0.2) is 77.4 Å². The number of para-hydroxylation sites is 1. The van der Waals surface area contributed by atoms with Gasteiger partial charge in [-0.05, 0) is 25.5 Å². The van der Waals surface area contributed by atoms with E-state index in [1.807, 2.05) is 30.3 Å². The molecule has 0 saturated heterocycles. The highest BCUT2D eigenvalue weighted by Gasteiger charge is 2.41.